The van der Waals surface area contributed by atoms with E-state index in [1.807, 2.05) is 0 Å². The van der Waals surface area contributed by atoms with E-state index in [1.165, 1.54) is 14.2 Å². The molecule has 5 nitrogen and oxygen atoms in total. The molecule has 0 aliphatic carbocycles. The van der Waals surface area contributed by atoms with Crippen LogP contribution < -0.4 is 15.8 Å². The smallest absolute Gasteiger partial charge is 0.338 e. The first kappa shape index (κ1) is 11.2. The first-order valence-electron chi connectivity index (χ1n) is 4.37. The first-order chi connectivity index (χ1) is 7.13. The fraction of sp³-hybridized carbons (Fsp3) is 0.300. The molecule has 0 fully saturated rings. The molecule has 0 saturated heterocycles. The molecular formula is C10H14N2O3. The van der Waals surface area contributed by atoms with Gasteiger partial charge < -0.3 is 20.5 Å². The van der Waals surface area contributed by atoms with Gasteiger partial charge in [0.25, 0.3) is 0 Å². The quantitative estimate of drug-likeness (QED) is 0.577. The Morgan fingerprint density at radius 2 is 2.07 bits per heavy atom. The summed E-state index contributed by atoms with van der Waals surface area (Å²) in [6.07, 6.45) is 0. The van der Waals surface area contributed by atoms with Crippen LogP contribution in [0, 0.1) is 0 Å². The molecule has 1 rings (SSSR count). The normalized spacial score (nSPS) is 9.53. The van der Waals surface area contributed by atoms with Crippen molar-refractivity contribution in [2.75, 3.05) is 32.3 Å². The van der Waals surface area contributed by atoms with E-state index < -0.39 is 5.97 Å². The van der Waals surface area contributed by atoms with Crippen LogP contribution in [0.4, 0.5) is 11.4 Å². The second kappa shape index (κ2) is 4.54. The average Bonchev–Trinajstić information content (AvgIpc) is 2.28. The van der Waals surface area contributed by atoms with Gasteiger partial charge in [-0.05, 0) is 12.1 Å². The number of ether oxygens (including phenoxy) is 2. The van der Waals surface area contributed by atoms with Crippen molar-refractivity contribution in [3.8, 4) is 5.75 Å². The number of nitrogen functional groups attached to an aromatic ring is 1. The standard InChI is InChI=1S/C10H14N2O3/c1-12-7-4-6(10(13)15-3)5-8(14-2)9(7)11/h4-5,12H,11H2,1-3H3. The highest BCUT2D eigenvalue weighted by molar-refractivity contribution is 5.93. The van der Waals surface area contributed by atoms with Gasteiger partial charge in [0, 0.05) is 7.05 Å². The summed E-state index contributed by atoms with van der Waals surface area (Å²) in [5, 5.41) is 2.88. The highest BCUT2D eigenvalue weighted by Crippen LogP contribution is 2.31. The van der Waals surface area contributed by atoms with Crippen LogP contribution in [0.1, 0.15) is 10.4 Å². The molecule has 0 bridgehead atoms. The van der Waals surface area contributed by atoms with Gasteiger partial charge in [-0.3, -0.25) is 0 Å². The number of esters is 1. The molecule has 0 spiro atoms. The van der Waals surface area contributed by atoms with Gasteiger partial charge in [0.2, 0.25) is 0 Å². The van der Waals surface area contributed by atoms with E-state index in [4.69, 9.17) is 10.5 Å². The van der Waals surface area contributed by atoms with E-state index in [0.717, 1.165) is 0 Å². The van der Waals surface area contributed by atoms with Crippen LogP contribution in [0.15, 0.2) is 12.1 Å². The molecule has 5 heteroatoms. The number of hydrogen-bond donors (Lipinski definition) is 2. The molecular weight excluding hydrogens is 196 g/mol. The van der Waals surface area contributed by atoms with Crippen molar-refractivity contribution in [1.29, 1.82) is 0 Å². The Bertz CT molecular complexity index is 352. The highest BCUT2D eigenvalue weighted by Gasteiger charge is 2.12. The van der Waals surface area contributed by atoms with Gasteiger partial charge in [-0.15, -0.1) is 0 Å². The van der Waals surface area contributed by atoms with Crippen molar-refractivity contribution in [2.24, 2.45) is 0 Å². The molecule has 0 aliphatic heterocycles. The Balaban J connectivity index is 3.26. The molecule has 0 amide bonds. The van der Waals surface area contributed by atoms with Gasteiger partial charge >= 0.3 is 5.97 Å². The number of carbonyl (C=O) groups excluding carboxylic acids is 1. The van der Waals surface area contributed by atoms with Gasteiger partial charge in [-0.1, -0.05) is 0 Å². The molecule has 0 atom stereocenters. The van der Waals surface area contributed by atoms with Gasteiger partial charge in [-0.25, -0.2) is 4.79 Å². The minimum Gasteiger partial charge on any atom is -0.494 e. The third-order valence-corrected chi connectivity index (χ3v) is 2.05. The number of hydrogen-bond acceptors (Lipinski definition) is 5. The van der Waals surface area contributed by atoms with E-state index in [-0.39, 0.29) is 0 Å². The number of methoxy groups -OCH3 is 2. The van der Waals surface area contributed by atoms with Crippen molar-refractivity contribution in [3.05, 3.63) is 17.7 Å². The monoisotopic (exact) mass is 210 g/mol. The summed E-state index contributed by atoms with van der Waals surface area (Å²) in [6, 6.07) is 3.16. The number of rotatable bonds is 3. The van der Waals surface area contributed by atoms with Crippen molar-refractivity contribution in [1.82, 2.24) is 0 Å². The Hall–Kier alpha value is -1.91. The summed E-state index contributed by atoms with van der Waals surface area (Å²) in [6.45, 7) is 0. The van der Waals surface area contributed by atoms with Crippen LogP contribution in [0.5, 0.6) is 5.75 Å². The van der Waals surface area contributed by atoms with Crippen LogP contribution in [0.2, 0.25) is 0 Å². The van der Waals surface area contributed by atoms with Crippen molar-refractivity contribution >= 4 is 17.3 Å². The Labute approximate surface area is 88.2 Å². The number of nitrogens with two attached hydrogens (primary N) is 1. The zero-order valence-electron chi connectivity index (χ0n) is 8.96. The summed E-state index contributed by atoms with van der Waals surface area (Å²) in [4.78, 5) is 11.3. The third kappa shape index (κ3) is 2.12. The Morgan fingerprint density at radius 3 is 2.53 bits per heavy atom. The Morgan fingerprint density at radius 1 is 1.40 bits per heavy atom. The SMILES string of the molecule is CNc1cc(C(=O)OC)cc(OC)c1N. The van der Waals surface area contributed by atoms with Crippen molar-refractivity contribution in [3.63, 3.8) is 0 Å². The van der Waals surface area contributed by atoms with Crippen LogP contribution in [0.25, 0.3) is 0 Å². The largest absolute Gasteiger partial charge is 0.494 e. The first-order valence-corrected chi connectivity index (χ1v) is 4.37. The molecule has 15 heavy (non-hydrogen) atoms. The predicted octanol–water partition coefficient (Wildman–Crippen LogP) is 1.11. The van der Waals surface area contributed by atoms with Crippen molar-refractivity contribution < 1.29 is 14.3 Å². The van der Waals surface area contributed by atoms with E-state index >= 15 is 0 Å². The van der Waals surface area contributed by atoms with Crippen molar-refractivity contribution in [2.45, 2.75) is 0 Å². The summed E-state index contributed by atoms with van der Waals surface area (Å²) >= 11 is 0. The van der Waals surface area contributed by atoms with E-state index in [1.54, 1.807) is 19.2 Å². The van der Waals surface area contributed by atoms with Crippen LogP contribution in [-0.4, -0.2) is 27.2 Å². The molecule has 1 aromatic carbocycles. The van der Waals surface area contributed by atoms with Crippen LogP contribution in [-0.2, 0) is 4.74 Å². The maximum absolute atomic E-state index is 11.3. The molecule has 0 saturated carbocycles. The zero-order chi connectivity index (χ0) is 11.4. The minimum absolute atomic E-state index is 0.396. The number of nitrogens with one attached hydrogen (secondary N) is 1. The van der Waals surface area contributed by atoms with Gasteiger partial charge in [0.1, 0.15) is 5.75 Å². The second-order valence-electron chi connectivity index (χ2n) is 2.88. The van der Waals surface area contributed by atoms with Crippen LogP contribution in [0.3, 0.4) is 0 Å². The topological polar surface area (TPSA) is 73.6 Å². The lowest BCUT2D eigenvalue weighted by molar-refractivity contribution is 0.0600. The number of carbonyl (C=O) groups is 1. The average molecular weight is 210 g/mol. The molecule has 0 radical (unpaired) electrons. The number of benzene rings is 1. The second-order valence-corrected chi connectivity index (χ2v) is 2.88. The summed E-state index contributed by atoms with van der Waals surface area (Å²) < 4.78 is 9.66. The summed E-state index contributed by atoms with van der Waals surface area (Å²) in [5.41, 5.74) is 7.27. The zero-order valence-corrected chi connectivity index (χ0v) is 8.96. The highest BCUT2D eigenvalue weighted by atomic mass is 16.5. The lowest BCUT2D eigenvalue weighted by Crippen LogP contribution is -2.05. The lowest BCUT2D eigenvalue weighted by atomic mass is 10.1. The van der Waals surface area contributed by atoms with Gasteiger partial charge in [0.05, 0.1) is 31.2 Å². The fourth-order valence-corrected chi connectivity index (χ4v) is 1.24. The maximum Gasteiger partial charge on any atom is 0.338 e. The van der Waals surface area contributed by atoms with E-state index in [0.29, 0.717) is 22.7 Å². The molecule has 1 aromatic rings. The van der Waals surface area contributed by atoms with Gasteiger partial charge in [-0.2, -0.15) is 0 Å². The molecule has 0 aliphatic rings. The maximum atomic E-state index is 11.3. The molecule has 0 unspecified atom stereocenters. The molecule has 3 N–H and O–H groups in total. The summed E-state index contributed by atoms with van der Waals surface area (Å²) in [7, 11) is 4.53. The fourth-order valence-electron chi connectivity index (χ4n) is 1.24. The lowest BCUT2D eigenvalue weighted by Gasteiger charge is -2.11. The molecule has 0 heterocycles. The predicted molar refractivity (Wildman–Crippen MR) is 58.3 cm³/mol. The minimum atomic E-state index is -0.426. The number of anilines is 2. The van der Waals surface area contributed by atoms with Crippen LogP contribution >= 0.6 is 0 Å². The molecule has 82 valence electrons. The summed E-state index contributed by atoms with van der Waals surface area (Å²) in [5.74, 6) is 0.0204. The van der Waals surface area contributed by atoms with E-state index in [2.05, 4.69) is 10.1 Å². The molecule has 0 aromatic heterocycles. The third-order valence-electron chi connectivity index (χ3n) is 2.05. The van der Waals surface area contributed by atoms with E-state index in [9.17, 15) is 4.79 Å². The van der Waals surface area contributed by atoms with Gasteiger partial charge in [0.15, 0.2) is 0 Å². The Kier molecular flexibility index (Phi) is 3.38.